The molecule has 0 unspecified atom stereocenters. The second-order valence-electron chi connectivity index (χ2n) is 7.56. The van der Waals surface area contributed by atoms with Crippen molar-refractivity contribution in [2.75, 3.05) is 12.4 Å². The van der Waals surface area contributed by atoms with Gasteiger partial charge in [0.25, 0.3) is 5.91 Å². The summed E-state index contributed by atoms with van der Waals surface area (Å²) in [4.78, 5) is 20.7. The minimum Gasteiger partial charge on any atom is -0.497 e. The van der Waals surface area contributed by atoms with Crippen molar-refractivity contribution < 1.29 is 18.7 Å². The molecular formula is C26H19FN4O3S. The summed E-state index contributed by atoms with van der Waals surface area (Å²) in [5.74, 6) is 0.158. The molecule has 1 amide bonds. The smallest absolute Gasteiger partial charge is 0.252 e. The number of pyridine rings is 2. The third-order valence-electron chi connectivity index (χ3n) is 5.33. The molecule has 0 radical (unpaired) electrons. The second-order valence-corrected chi connectivity index (χ2v) is 8.34. The molecule has 0 saturated heterocycles. The van der Waals surface area contributed by atoms with Gasteiger partial charge in [0.2, 0.25) is 0 Å². The molecule has 0 saturated carbocycles. The zero-order valence-electron chi connectivity index (χ0n) is 18.5. The molecule has 0 atom stereocenters. The van der Waals surface area contributed by atoms with Gasteiger partial charge in [-0.25, -0.2) is 9.37 Å². The number of halogens is 1. The Bertz CT molecular complexity index is 1540. The Kier molecular flexibility index (Phi) is 5.99. The first-order valence-electron chi connectivity index (χ1n) is 10.5. The normalized spacial score (nSPS) is 10.8. The molecule has 5 rings (SSSR count). The van der Waals surface area contributed by atoms with Crippen LogP contribution in [0.2, 0.25) is 0 Å². The molecule has 7 nitrogen and oxygen atoms in total. The summed E-state index contributed by atoms with van der Waals surface area (Å²) < 4.78 is 26.0. The highest BCUT2D eigenvalue weighted by atomic mass is 32.1. The number of aromatic nitrogens is 2. The lowest BCUT2D eigenvalue weighted by atomic mass is 10.1. The summed E-state index contributed by atoms with van der Waals surface area (Å²) in [5.41, 5.74) is 8.53. The number of nitrogens with two attached hydrogens (primary N) is 1. The van der Waals surface area contributed by atoms with Crippen molar-refractivity contribution in [3.8, 4) is 28.4 Å². The van der Waals surface area contributed by atoms with Gasteiger partial charge in [-0.15, -0.1) is 0 Å². The van der Waals surface area contributed by atoms with E-state index in [4.69, 9.17) is 15.2 Å². The van der Waals surface area contributed by atoms with E-state index in [-0.39, 0.29) is 17.1 Å². The van der Waals surface area contributed by atoms with Gasteiger partial charge in [-0.2, -0.15) is 11.3 Å². The zero-order chi connectivity index (χ0) is 24.4. The van der Waals surface area contributed by atoms with Gasteiger partial charge in [0.1, 0.15) is 17.3 Å². The van der Waals surface area contributed by atoms with Gasteiger partial charge in [-0.05, 0) is 58.8 Å². The number of carbonyl (C=O) groups is 1. The number of thiophene rings is 1. The van der Waals surface area contributed by atoms with E-state index in [0.717, 1.165) is 16.5 Å². The minimum atomic E-state index is -0.640. The standard InChI is InChI=1S/C26H19FN4O3S/c1-33-18-3-4-19-22(12-18)29-8-6-23(19)34-24-5-2-17(11-21(24)27)31-26-20(25(28)32)10-16(13-30-26)15-7-9-35-14-15/h2-14H,1H3,(H2,28,32)(H,30,31). The summed E-state index contributed by atoms with van der Waals surface area (Å²) in [5, 5.41) is 7.57. The minimum absolute atomic E-state index is 0.0368. The number of rotatable bonds is 7. The fourth-order valence-corrected chi connectivity index (χ4v) is 4.24. The van der Waals surface area contributed by atoms with E-state index < -0.39 is 11.7 Å². The number of ether oxygens (including phenoxy) is 2. The zero-order valence-corrected chi connectivity index (χ0v) is 19.3. The largest absolute Gasteiger partial charge is 0.497 e. The Morgan fingerprint density at radius 3 is 2.66 bits per heavy atom. The Morgan fingerprint density at radius 2 is 1.91 bits per heavy atom. The maximum atomic E-state index is 15.0. The lowest BCUT2D eigenvalue weighted by Gasteiger charge is -2.13. The van der Waals surface area contributed by atoms with Crippen LogP contribution in [-0.2, 0) is 0 Å². The maximum absolute atomic E-state index is 15.0. The third kappa shape index (κ3) is 4.62. The topological polar surface area (TPSA) is 99.4 Å². The number of nitrogens with zero attached hydrogens (tertiary/aromatic N) is 2. The number of primary amides is 1. The van der Waals surface area contributed by atoms with Crippen molar-refractivity contribution in [3.05, 3.63) is 89.1 Å². The first-order chi connectivity index (χ1) is 17.0. The molecule has 0 spiro atoms. The lowest BCUT2D eigenvalue weighted by molar-refractivity contribution is 0.100. The van der Waals surface area contributed by atoms with Gasteiger partial charge in [-0.1, -0.05) is 0 Å². The fraction of sp³-hybridized carbons (Fsp3) is 0.0385. The molecular weight excluding hydrogens is 467 g/mol. The number of methoxy groups -OCH3 is 1. The van der Waals surface area contributed by atoms with Gasteiger partial charge in [0, 0.05) is 41.2 Å². The SMILES string of the molecule is COc1ccc2c(Oc3ccc(Nc4ncc(-c5ccsc5)cc4C(N)=O)cc3F)ccnc2c1. The summed E-state index contributed by atoms with van der Waals surface area (Å²) >= 11 is 1.54. The molecule has 174 valence electrons. The van der Waals surface area contributed by atoms with Crippen molar-refractivity contribution in [1.29, 1.82) is 0 Å². The van der Waals surface area contributed by atoms with Crippen molar-refractivity contribution in [2.45, 2.75) is 0 Å². The van der Waals surface area contributed by atoms with Crippen LogP contribution in [0, 0.1) is 5.82 Å². The van der Waals surface area contributed by atoms with Gasteiger partial charge >= 0.3 is 0 Å². The third-order valence-corrected chi connectivity index (χ3v) is 6.02. The van der Waals surface area contributed by atoms with Crippen molar-refractivity contribution >= 4 is 39.7 Å². The summed E-state index contributed by atoms with van der Waals surface area (Å²) in [6, 6.07) is 15.0. The van der Waals surface area contributed by atoms with Crippen LogP contribution in [0.1, 0.15) is 10.4 Å². The molecule has 0 fully saturated rings. The summed E-state index contributed by atoms with van der Waals surface area (Å²) in [6.07, 6.45) is 3.22. The predicted octanol–water partition coefficient (Wildman–Crippen LogP) is 6.14. The number of hydrogen-bond donors (Lipinski definition) is 2. The number of fused-ring (bicyclic) bond motifs is 1. The molecule has 5 aromatic rings. The van der Waals surface area contributed by atoms with Crippen molar-refractivity contribution in [1.82, 2.24) is 9.97 Å². The highest BCUT2D eigenvalue weighted by molar-refractivity contribution is 7.08. The number of benzene rings is 2. The van der Waals surface area contributed by atoms with Gasteiger partial charge in [0.15, 0.2) is 11.6 Å². The van der Waals surface area contributed by atoms with Crippen LogP contribution in [0.25, 0.3) is 22.0 Å². The van der Waals surface area contributed by atoms with Crippen molar-refractivity contribution in [3.63, 3.8) is 0 Å². The maximum Gasteiger partial charge on any atom is 0.252 e. The van der Waals surface area contributed by atoms with E-state index >= 15 is 0 Å². The van der Waals surface area contributed by atoms with Crippen LogP contribution in [0.5, 0.6) is 17.2 Å². The van der Waals surface area contributed by atoms with E-state index in [1.807, 2.05) is 16.8 Å². The highest BCUT2D eigenvalue weighted by Crippen LogP contribution is 2.33. The quantitative estimate of drug-likeness (QED) is 0.287. The van der Waals surface area contributed by atoms with Gasteiger partial charge in [-0.3, -0.25) is 9.78 Å². The molecule has 3 heterocycles. The van der Waals surface area contributed by atoms with E-state index in [1.54, 1.807) is 55.9 Å². The average Bonchev–Trinajstić information content (AvgIpc) is 3.40. The molecule has 0 bridgehead atoms. The molecule has 35 heavy (non-hydrogen) atoms. The van der Waals surface area contributed by atoms with Crippen LogP contribution in [0.15, 0.2) is 77.8 Å². The van der Waals surface area contributed by atoms with Crippen LogP contribution in [-0.4, -0.2) is 23.0 Å². The first kappa shape index (κ1) is 22.3. The van der Waals surface area contributed by atoms with Crippen LogP contribution in [0.4, 0.5) is 15.9 Å². The molecule has 9 heteroatoms. The number of hydrogen-bond acceptors (Lipinski definition) is 7. The van der Waals surface area contributed by atoms with E-state index in [2.05, 4.69) is 15.3 Å². The molecule has 0 aliphatic carbocycles. The Labute approximate surface area is 204 Å². The molecule has 3 aromatic heterocycles. The molecule has 2 aromatic carbocycles. The van der Waals surface area contributed by atoms with Crippen LogP contribution >= 0.6 is 11.3 Å². The van der Waals surface area contributed by atoms with Gasteiger partial charge < -0.3 is 20.5 Å². The predicted molar refractivity (Wildman–Crippen MR) is 134 cm³/mol. The number of amides is 1. The molecule has 0 aliphatic rings. The fourth-order valence-electron chi connectivity index (χ4n) is 3.57. The Hall–Kier alpha value is -4.50. The molecule has 0 aliphatic heterocycles. The monoisotopic (exact) mass is 486 g/mol. The van der Waals surface area contributed by atoms with E-state index in [1.165, 1.54) is 23.5 Å². The average molecular weight is 487 g/mol. The number of anilines is 2. The van der Waals surface area contributed by atoms with Crippen molar-refractivity contribution in [2.24, 2.45) is 5.73 Å². The summed E-state index contributed by atoms with van der Waals surface area (Å²) in [7, 11) is 1.58. The van der Waals surface area contributed by atoms with E-state index in [0.29, 0.717) is 22.7 Å². The van der Waals surface area contributed by atoms with Crippen LogP contribution < -0.4 is 20.5 Å². The number of nitrogens with one attached hydrogen (secondary N) is 1. The van der Waals surface area contributed by atoms with E-state index in [9.17, 15) is 9.18 Å². The summed E-state index contributed by atoms with van der Waals surface area (Å²) in [6.45, 7) is 0. The first-order valence-corrected chi connectivity index (χ1v) is 11.5. The second kappa shape index (κ2) is 9.40. The molecule has 3 N–H and O–H groups in total. The van der Waals surface area contributed by atoms with Crippen LogP contribution in [0.3, 0.4) is 0 Å². The Morgan fingerprint density at radius 1 is 1.03 bits per heavy atom. The Balaban J connectivity index is 1.40. The van der Waals surface area contributed by atoms with Gasteiger partial charge in [0.05, 0.1) is 18.2 Å². The number of carbonyl (C=O) groups excluding carboxylic acids is 1. The lowest BCUT2D eigenvalue weighted by Crippen LogP contribution is -2.14. The highest BCUT2D eigenvalue weighted by Gasteiger charge is 2.15.